The number of aliphatic hydroxyl groups excluding tert-OH is 1. The van der Waals surface area contributed by atoms with Gasteiger partial charge in [-0.2, -0.15) is 0 Å². The first-order valence-electron chi connectivity index (χ1n) is 8.40. The summed E-state index contributed by atoms with van der Waals surface area (Å²) in [4.78, 5) is 26.4. The number of carboxylic acids is 1. The van der Waals surface area contributed by atoms with Crippen LogP contribution in [0.15, 0.2) is 42.6 Å². The topological polar surface area (TPSA) is 82.8 Å². The number of halogens is 1. The van der Waals surface area contributed by atoms with Crippen LogP contribution in [0.4, 0.5) is 4.39 Å². The van der Waals surface area contributed by atoms with Gasteiger partial charge in [-0.05, 0) is 42.7 Å². The van der Waals surface area contributed by atoms with Gasteiger partial charge < -0.3 is 19.7 Å². The molecule has 6 nitrogen and oxygen atoms in total. The van der Waals surface area contributed by atoms with Gasteiger partial charge in [-0.1, -0.05) is 12.1 Å². The predicted molar refractivity (Wildman–Crippen MR) is 92.1 cm³/mol. The van der Waals surface area contributed by atoms with E-state index in [0.29, 0.717) is 11.3 Å². The SMILES string of the molecule is Cn1cccc1C(=O)N1CC[C@@H](O)[C@](Cc2ccc(F)cc2)(C(=O)O)C1. The summed E-state index contributed by atoms with van der Waals surface area (Å²) < 4.78 is 14.8. The number of aliphatic carboxylic acids is 1. The van der Waals surface area contributed by atoms with E-state index in [1.54, 1.807) is 29.9 Å². The maximum atomic E-state index is 13.1. The third-order valence-corrected chi connectivity index (χ3v) is 5.09. The number of hydrogen-bond donors (Lipinski definition) is 2. The Morgan fingerprint density at radius 1 is 1.27 bits per heavy atom. The van der Waals surface area contributed by atoms with Crippen LogP contribution < -0.4 is 0 Å². The molecule has 2 atom stereocenters. The van der Waals surface area contributed by atoms with Gasteiger partial charge in [0.2, 0.25) is 0 Å². The van der Waals surface area contributed by atoms with E-state index in [-0.39, 0.29) is 31.8 Å². The van der Waals surface area contributed by atoms with E-state index >= 15 is 0 Å². The van der Waals surface area contributed by atoms with Crippen LogP contribution >= 0.6 is 0 Å². The lowest BCUT2D eigenvalue weighted by Crippen LogP contribution is -2.58. The van der Waals surface area contributed by atoms with Crippen LogP contribution in [0.2, 0.25) is 0 Å². The summed E-state index contributed by atoms with van der Waals surface area (Å²) in [6, 6.07) is 8.94. The fraction of sp³-hybridized carbons (Fsp3) is 0.368. The normalized spacial score (nSPS) is 23.0. The van der Waals surface area contributed by atoms with Gasteiger partial charge in [-0.3, -0.25) is 9.59 Å². The first kappa shape index (κ1) is 18.1. The van der Waals surface area contributed by atoms with E-state index < -0.39 is 23.3 Å². The number of nitrogens with zero attached hydrogens (tertiary/aromatic N) is 2. The maximum Gasteiger partial charge on any atom is 0.314 e. The van der Waals surface area contributed by atoms with Gasteiger partial charge in [0.15, 0.2) is 0 Å². The molecule has 2 aromatic rings. The van der Waals surface area contributed by atoms with Crippen molar-refractivity contribution in [2.45, 2.75) is 18.9 Å². The number of aromatic nitrogens is 1. The predicted octanol–water partition coefficient (Wildman–Crippen LogP) is 1.68. The molecule has 0 bridgehead atoms. The van der Waals surface area contributed by atoms with Gasteiger partial charge in [0.05, 0.1) is 6.10 Å². The van der Waals surface area contributed by atoms with Crippen LogP contribution in [0, 0.1) is 11.2 Å². The number of carbonyl (C=O) groups is 2. The standard InChI is InChI=1S/C19H21FN2O4/c1-21-9-2-3-15(21)17(24)22-10-8-16(23)19(12-22,18(25)26)11-13-4-6-14(20)7-5-13/h2-7,9,16,23H,8,10-12H2,1H3,(H,25,26)/t16-,19-/m1/s1. The summed E-state index contributed by atoms with van der Waals surface area (Å²) in [7, 11) is 1.75. The number of carboxylic acid groups (broad SMARTS) is 1. The van der Waals surface area contributed by atoms with Crippen LogP contribution in [-0.4, -0.2) is 50.8 Å². The van der Waals surface area contributed by atoms with Crippen molar-refractivity contribution in [1.29, 1.82) is 0 Å². The lowest BCUT2D eigenvalue weighted by molar-refractivity contribution is -0.161. The third kappa shape index (κ3) is 3.22. The molecule has 1 aliphatic heterocycles. The molecule has 1 saturated heterocycles. The van der Waals surface area contributed by atoms with E-state index in [4.69, 9.17) is 0 Å². The molecule has 2 heterocycles. The minimum atomic E-state index is -1.53. The van der Waals surface area contributed by atoms with E-state index in [1.807, 2.05) is 0 Å². The summed E-state index contributed by atoms with van der Waals surface area (Å²) in [6.45, 7) is 0.175. The van der Waals surface area contributed by atoms with E-state index in [0.717, 1.165) is 0 Å². The van der Waals surface area contributed by atoms with Crippen LogP contribution in [0.1, 0.15) is 22.5 Å². The Morgan fingerprint density at radius 3 is 2.54 bits per heavy atom. The molecule has 26 heavy (non-hydrogen) atoms. The fourth-order valence-corrected chi connectivity index (χ4v) is 3.52. The van der Waals surface area contributed by atoms with Gasteiger partial charge >= 0.3 is 5.97 Å². The summed E-state index contributed by atoms with van der Waals surface area (Å²) in [6.07, 6.45) is 0.835. The van der Waals surface area contributed by atoms with Crippen molar-refractivity contribution in [2.24, 2.45) is 12.5 Å². The highest BCUT2D eigenvalue weighted by Gasteiger charge is 2.50. The zero-order valence-corrected chi connectivity index (χ0v) is 14.4. The number of carbonyl (C=O) groups excluding carboxylic acids is 1. The van der Waals surface area contributed by atoms with Gasteiger partial charge in [0, 0.05) is 26.3 Å². The van der Waals surface area contributed by atoms with Gasteiger partial charge in [-0.15, -0.1) is 0 Å². The number of rotatable bonds is 4. The van der Waals surface area contributed by atoms with Crippen molar-refractivity contribution in [3.8, 4) is 0 Å². The first-order valence-corrected chi connectivity index (χ1v) is 8.40. The molecule has 0 spiro atoms. The lowest BCUT2D eigenvalue weighted by Gasteiger charge is -2.43. The van der Waals surface area contributed by atoms with E-state index in [1.165, 1.54) is 29.2 Å². The minimum absolute atomic E-state index is 0.0146. The number of aryl methyl sites for hydroxylation is 1. The monoisotopic (exact) mass is 360 g/mol. The lowest BCUT2D eigenvalue weighted by atomic mass is 9.72. The van der Waals surface area contributed by atoms with Gasteiger partial charge in [0.1, 0.15) is 16.9 Å². The van der Waals surface area contributed by atoms with Gasteiger partial charge in [-0.25, -0.2) is 4.39 Å². The minimum Gasteiger partial charge on any atom is -0.481 e. The Labute approximate surface area is 150 Å². The van der Waals surface area contributed by atoms with E-state index in [9.17, 15) is 24.2 Å². The molecule has 0 saturated carbocycles. The molecule has 1 aromatic carbocycles. The van der Waals surface area contributed by atoms with Crippen molar-refractivity contribution in [3.05, 3.63) is 59.7 Å². The van der Waals surface area contributed by atoms with Crippen LogP contribution in [-0.2, 0) is 18.3 Å². The van der Waals surface area contributed by atoms with Crippen molar-refractivity contribution in [3.63, 3.8) is 0 Å². The molecule has 1 amide bonds. The highest BCUT2D eigenvalue weighted by Crippen LogP contribution is 2.35. The van der Waals surface area contributed by atoms with Crippen molar-refractivity contribution >= 4 is 11.9 Å². The number of piperidine rings is 1. The maximum absolute atomic E-state index is 13.1. The smallest absolute Gasteiger partial charge is 0.314 e. The van der Waals surface area contributed by atoms with Crippen molar-refractivity contribution in [2.75, 3.05) is 13.1 Å². The van der Waals surface area contributed by atoms with Gasteiger partial charge in [0.25, 0.3) is 5.91 Å². The van der Waals surface area contributed by atoms with Crippen molar-refractivity contribution in [1.82, 2.24) is 9.47 Å². The van der Waals surface area contributed by atoms with Crippen LogP contribution in [0.25, 0.3) is 0 Å². The van der Waals surface area contributed by atoms with Crippen LogP contribution in [0.5, 0.6) is 0 Å². The Kier molecular flexibility index (Phi) is 4.82. The molecule has 0 aliphatic carbocycles. The molecule has 7 heteroatoms. The summed E-state index contributed by atoms with van der Waals surface area (Å²) in [5, 5.41) is 20.4. The molecular weight excluding hydrogens is 339 g/mol. The summed E-state index contributed by atoms with van der Waals surface area (Å²) >= 11 is 0. The molecule has 0 unspecified atom stereocenters. The van der Waals surface area contributed by atoms with Crippen molar-refractivity contribution < 1.29 is 24.2 Å². The fourth-order valence-electron chi connectivity index (χ4n) is 3.52. The number of hydrogen-bond acceptors (Lipinski definition) is 3. The molecule has 2 N–H and O–H groups in total. The molecule has 138 valence electrons. The largest absolute Gasteiger partial charge is 0.481 e. The molecule has 0 radical (unpaired) electrons. The molecular formula is C19H21FN2O4. The average Bonchev–Trinajstić information content (AvgIpc) is 3.04. The third-order valence-electron chi connectivity index (χ3n) is 5.09. The first-order chi connectivity index (χ1) is 12.3. The molecule has 1 aromatic heterocycles. The molecule has 3 rings (SSSR count). The highest BCUT2D eigenvalue weighted by molar-refractivity contribution is 5.93. The highest BCUT2D eigenvalue weighted by atomic mass is 19.1. The second-order valence-electron chi connectivity index (χ2n) is 6.80. The Balaban J connectivity index is 1.90. The number of aliphatic hydroxyl groups is 1. The Hall–Kier alpha value is -2.67. The second-order valence-corrected chi connectivity index (χ2v) is 6.80. The van der Waals surface area contributed by atoms with Crippen LogP contribution in [0.3, 0.4) is 0 Å². The molecule has 1 aliphatic rings. The Morgan fingerprint density at radius 2 is 1.96 bits per heavy atom. The number of amides is 1. The zero-order valence-electron chi connectivity index (χ0n) is 14.4. The number of likely N-dealkylation sites (tertiary alicyclic amines) is 1. The van der Waals surface area contributed by atoms with E-state index in [2.05, 4.69) is 0 Å². The molecule has 1 fully saturated rings. The quantitative estimate of drug-likeness (QED) is 0.869. The number of benzene rings is 1. The summed E-state index contributed by atoms with van der Waals surface area (Å²) in [5.41, 5.74) is -0.472. The zero-order chi connectivity index (χ0) is 18.9. The second kappa shape index (κ2) is 6.92. The average molecular weight is 360 g/mol. The summed E-state index contributed by atoms with van der Waals surface area (Å²) in [5.74, 6) is -1.85. The Bertz CT molecular complexity index is 817.